The molecule has 208 valence electrons. The van der Waals surface area contributed by atoms with Gasteiger partial charge in [0.2, 0.25) is 0 Å². The lowest BCUT2D eigenvalue weighted by Gasteiger charge is -2.23. The summed E-state index contributed by atoms with van der Waals surface area (Å²) in [4.78, 5) is 17.1. The minimum Gasteiger partial charge on any atom is -0.356 e. The Labute approximate surface area is 236 Å². The molecule has 6 rings (SSSR count). The molecule has 0 bridgehead atoms. The van der Waals surface area contributed by atoms with Crippen LogP contribution in [0.1, 0.15) is 53.1 Å². The van der Waals surface area contributed by atoms with E-state index in [9.17, 15) is 9.18 Å². The fourth-order valence-electron chi connectivity index (χ4n) is 5.01. The van der Waals surface area contributed by atoms with Crippen LogP contribution in [0.2, 0.25) is 0 Å². The number of pyridine rings is 1. The number of carbonyl (C=O) groups excluding carboxylic acids is 1. The monoisotopic (exact) mass is 551 g/mol. The van der Waals surface area contributed by atoms with E-state index >= 15 is 0 Å². The quantitative estimate of drug-likeness (QED) is 0.240. The molecule has 1 saturated heterocycles. The number of amides is 1. The molecule has 9 nitrogen and oxygen atoms in total. The summed E-state index contributed by atoms with van der Waals surface area (Å²) in [5.74, 6) is -0.969. The lowest BCUT2D eigenvalue weighted by molar-refractivity contribution is -0.0367. The molecule has 1 atom stereocenters. The number of nitrogens with zero attached hydrogens (tertiary/aromatic N) is 5. The fraction of sp³-hybridized carbons (Fsp3) is 0.226. The SMILES string of the molecule is Cc1cc(C(=O)Nc2cc(Nc3ccc4c(C=Cc5ccccn5)nn(C5CCCCO5)c4c3)ccc2F)n(C)n1. The van der Waals surface area contributed by atoms with Crippen molar-refractivity contribution in [2.24, 2.45) is 7.05 Å². The summed E-state index contributed by atoms with van der Waals surface area (Å²) in [6.07, 6.45) is 8.52. The maximum atomic E-state index is 14.7. The minimum absolute atomic E-state index is 0.0718. The standard InChI is InChI=1S/C31H30FN7O2/c1-20-17-29(38(2)36-20)31(40)35-27-18-22(10-13-25(27)32)34-23-9-12-24-26(14-11-21-7-3-5-15-33-21)37-39(28(24)19-23)30-8-4-6-16-41-30/h3,5,7,9-15,17-19,30,34H,4,6,8,16H2,1-2H3,(H,35,40). The number of benzene rings is 2. The van der Waals surface area contributed by atoms with Gasteiger partial charge in [0.15, 0.2) is 6.23 Å². The first-order valence-corrected chi connectivity index (χ1v) is 13.6. The number of fused-ring (bicyclic) bond motifs is 1. The largest absolute Gasteiger partial charge is 0.356 e. The Morgan fingerprint density at radius 3 is 2.66 bits per heavy atom. The van der Waals surface area contributed by atoms with Crippen molar-refractivity contribution in [1.29, 1.82) is 0 Å². The van der Waals surface area contributed by atoms with Gasteiger partial charge in [-0.25, -0.2) is 9.07 Å². The first-order valence-electron chi connectivity index (χ1n) is 13.6. The molecule has 1 aliphatic rings. The second kappa shape index (κ2) is 11.3. The molecule has 1 aliphatic heterocycles. The van der Waals surface area contributed by atoms with Crippen LogP contribution in [-0.4, -0.2) is 37.1 Å². The Kier molecular flexibility index (Phi) is 7.30. The number of halogens is 1. The number of carbonyl (C=O) groups is 1. The molecular formula is C31H30FN7O2. The van der Waals surface area contributed by atoms with E-state index in [1.165, 1.54) is 10.7 Å². The number of rotatable bonds is 7. The van der Waals surface area contributed by atoms with Gasteiger partial charge in [-0.2, -0.15) is 10.2 Å². The van der Waals surface area contributed by atoms with Gasteiger partial charge in [0.1, 0.15) is 11.5 Å². The molecule has 1 fully saturated rings. The van der Waals surface area contributed by atoms with Crippen LogP contribution >= 0.6 is 0 Å². The number of aryl methyl sites for hydroxylation is 2. The summed E-state index contributed by atoms with van der Waals surface area (Å²) in [5, 5.41) is 16.1. The molecule has 1 unspecified atom stereocenters. The number of aromatic nitrogens is 5. The van der Waals surface area contributed by atoms with Crippen LogP contribution in [-0.2, 0) is 11.8 Å². The van der Waals surface area contributed by atoms with Gasteiger partial charge in [-0.1, -0.05) is 6.07 Å². The van der Waals surface area contributed by atoms with Crippen LogP contribution < -0.4 is 10.6 Å². The lowest BCUT2D eigenvalue weighted by atomic mass is 10.1. The minimum atomic E-state index is -0.532. The second-order valence-electron chi connectivity index (χ2n) is 10.0. The van der Waals surface area contributed by atoms with Crippen molar-refractivity contribution in [3.05, 3.63) is 95.5 Å². The normalized spacial score (nSPS) is 15.4. The van der Waals surface area contributed by atoms with E-state index < -0.39 is 11.7 Å². The van der Waals surface area contributed by atoms with Crippen LogP contribution in [0.3, 0.4) is 0 Å². The van der Waals surface area contributed by atoms with Crippen molar-refractivity contribution in [1.82, 2.24) is 24.5 Å². The van der Waals surface area contributed by atoms with E-state index in [1.807, 2.05) is 53.2 Å². The average molecular weight is 552 g/mol. The zero-order valence-electron chi connectivity index (χ0n) is 22.8. The summed E-state index contributed by atoms with van der Waals surface area (Å²) in [6.45, 7) is 2.50. The van der Waals surface area contributed by atoms with Crippen LogP contribution in [0, 0.1) is 12.7 Å². The van der Waals surface area contributed by atoms with Crippen molar-refractivity contribution in [3.63, 3.8) is 0 Å². The molecule has 0 spiro atoms. The van der Waals surface area contributed by atoms with Gasteiger partial charge in [0, 0.05) is 36.6 Å². The smallest absolute Gasteiger partial charge is 0.274 e. The first kappa shape index (κ1) is 26.4. The van der Waals surface area contributed by atoms with Crippen LogP contribution in [0.5, 0.6) is 0 Å². The van der Waals surface area contributed by atoms with Crippen molar-refractivity contribution in [2.75, 3.05) is 17.2 Å². The van der Waals surface area contributed by atoms with E-state index in [-0.39, 0.29) is 11.9 Å². The van der Waals surface area contributed by atoms with Gasteiger partial charge in [-0.3, -0.25) is 14.5 Å². The predicted molar refractivity (Wildman–Crippen MR) is 157 cm³/mol. The van der Waals surface area contributed by atoms with Gasteiger partial charge >= 0.3 is 0 Å². The number of hydrogen-bond donors (Lipinski definition) is 2. The predicted octanol–water partition coefficient (Wildman–Crippen LogP) is 6.48. The highest BCUT2D eigenvalue weighted by molar-refractivity contribution is 6.03. The molecule has 0 saturated carbocycles. The first-order chi connectivity index (χ1) is 19.9. The molecule has 2 N–H and O–H groups in total. The van der Waals surface area contributed by atoms with Crippen molar-refractivity contribution in [3.8, 4) is 0 Å². The molecule has 41 heavy (non-hydrogen) atoms. The fourth-order valence-corrected chi connectivity index (χ4v) is 5.01. The number of nitrogens with one attached hydrogen (secondary N) is 2. The third-order valence-electron chi connectivity index (χ3n) is 7.00. The van der Waals surface area contributed by atoms with Crippen molar-refractivity contribution < 1.29 is 13.9 Å². The third-order valence-corrected chi connectivity index (χ3v) is 7.00. The van der Waals surface area contributed by atoms with Crippen LogP contribution in [0.4, 0.5) is 21.5 Å². The van der Waals surface area contributed by atoms with E-state index in [2.05, 4.69) is 20.7 Å². The molecule has 4 heterocycles. The average Bonchev–Trinajstić information content (AvgIpc) is 3.53. The molecule has 3 aromatic heterocycles. The van der Waals surface area contributed by atoms with Gasteiger partial charge in [0.05, 0.1) is 28.3 Å². The van der Waals surface area contributed by atoms with E-state index in [4.69, 9.17) is 9.84 Å². The van der Waals surface area contributed by atoms with Crippen LogP contribution in [0.15, 0.2) is 66.9 Å². The molecule has 0 aliphatic carbocycles. The summed E-state index contributed by atoms with van der Waals surface area (Å²) < 4.78 is 24.1. The summed E-state index contributed by atoms with van der Waals surface area (Å²) >= 11 is 0. The summed E-state index contributed by atoms with van der Waals surface area (Å²) in [7, 11) is 1.68. The maximum Gasteiger partial charge on any atom is 0.274 e. The molecule has 0 radical (unpaired) electrons. The highest BCUT2D eigenvalue weighted by Gasteiger charge is 2.21. The van der Waals surface area contributed by atoms with Crippen molar-refractivity contribution in [2.45, 2.75) is 32.4 Å². The second-order valence-corrected chi connectivity index (χ2v) is 10.0. The molecule has 10 heteroatoms. The zero-order valence-corrected chi connectivity index (χ0v) is 22.8. The van der Waals surface area contributed by atoms with Gasteiger partial charge in [-0.05, 0) is 92.9 Å². The third kappa shape index (κ3) is 5.73. The van der Waals surface area contributed by atoms with Gasteiger partial charge in [0.25, 0.3) is 5.91 Å². The summed E-state index contributed by atoms with van der Waals surface area (Å²) in [5.41, 5.74) is 5.13. The number of anilines is 3. The molecule has 2 aromatic carbocycles. The zero-order chi connectivity index (χ0) is 28.3. The highest BCUT2D eigenvalue weighted by atomic mass is 19.1. The molecular weight excluding hydrogens is 521 g/mol. The molecule has 1 amide bonds. The lowest BCUT2D eigenvalue weighted by Crippen LogP contribution is -2.19. The Bertz CT molecular complexity index is 1740. The van der Waals surface area contributed by atoms with Crippen LogP contribution in [0.25, 0.3) is 23.1 Å². The topological polar surface area (TPSA) is 98.9 Å². The Hall–Kier alpha value is -4.83. The maximum absolute atomic E-state index is 14.7. The van der Waals surface area contributed by atoms with Gasteiger partial charge < -0.3 is 15.4 Å². The van der Waals surface area contributed by atoms with E-state index in [0.29, 0.717) is 23.7 Å². The van der Waals surface area contributed by atoms with Gasteiger partial charge in [-0.15, -0.1) is 0 Å². The number of ether oxygens (including phenoxy) is 1. The van der Waals surface area contributed by atoms with E-state index in [0.717, 1.165) is 47.2 Å². The van der Waals surface area contributed by atoms with E-state index in [1.54, 1.807) is 38.4 Å². The Morgan fingerprint density at radius 2 is 1.90 bits per heavy atom. The Morgan fingerprint density at radius 1 is 1.05 bits per heavy atom. The highest BCUT2D eigenvalue weighted by Crippen LogP contribution is 2.32. The summed E-state index contributed by atoms with van der Waals surface area (Å²) in [6, 6.07) is 17.9. The molecule has 5 aromatic rings. The number of hydrogen-bond acceptors (Lipinski definition) is 6. The van der Waals surface area contributed by atoms with Crippen molar-refractivity contribution >= 4 is 46.0 Å². The Balaban J connectivity index is 1.29.